The molecule has 0 saturated carbocycles. The summed E-state index contributed by atoms with van der Waals surface area (Å²) in [7, 11) is 1.58. The van der Waals surface area contributed by atoms with Gasteiger partial charge in [-0.3, -0.25) is 9.59 Å². The van der Waals surface area contributed by atoms with Crippen molar-refractivity contribution in [1.29, 1.82) is 0 Å². The van der Waals surface area contributed by atoms with Crippen LogP contribution in [0.1, 0.15) is 6.92 Å². The summed E-state index contributed by atoms with van der Waals surface area (Å²) in [6, 6.07) is 4.44. The molecule has 0 atom stereocenters. The minimum atomic E-state index is -0.390. The molecule has 0 aliphatic rings. The van der Waals surface area contributed by atoms with Crippen LogP contribution in [0.5, 0.6) is 0 Å². The molecule has 0 spiro atoms. The highest BCUT2D eigenvalue weighted by molar-refractivity contribution is 8.14. The third kappa shape index (κ3) is 4.25. The Balaban J connectivity index is 2.42. The Bertz CT molecular complexity index is 767. The number of thiazole rings is 1. The van der Waals surface area contributed by atoms with E-state index in [9.17, 15) is 14.0 Å². The fourth-order valence-electron chi connectivity index (χ4n) is 1.83. The minimum absolute atomic E-state index is 0.00220. The van der Waals surface area contributed by atoms with Gasteiger partial charge in [0.2, 0.25) is 0 Å². The first-order valence-corrected chi connectivity index (χ1v) is 8.30. The highest BCUT2D eigenvalue weighted by Gasteiger charge is 2.09. The van der Waals surface area contributed by atoms with Gasteiger partial charge in [-0.25, -0.2) is 4.39 Å². The summed E-state index contributed by atoms with van der Waals surface area (Å²) in [4.78, 5) is 27.3. The summed E-state index contributed by atoms with van der Waals surface area (Å²) in [5.41, 5.74) is 0.800. The second-order valence-electron chi connectivity index (χ2n) is 4.43. The van der Waals surface area contributed by atoms with Crippen LogP contribution in [-0.2, 0) is 20.9 Å². The average Bonchev–Trinajstić information content (AvgIpc) is 2.79. The molecule has 1 aromatic carbocycles. The van der Waals surface area contributed by atoms with E-state index in [1.807, 2.05) is 4.57 Å². The topological polar surface area (TPSA) is 60.7 Å². The molecular weight excluding hydrogens is 327 g/mol. The molecule has 118 valence electrons. The Morgan fingerprint density at radius 1 is 1.45 bits per heavy atom. The van der Waals surface area contributed by atoms with Crippen molar-refractivity contribution in [3.05, 3.63) is 28.8 Å². The molecule has 2 rings (SSSR count). The molecule has 2 aromatic rings. The van der Waals surface area contributed by atoms with Crippen LogP contribution in [0, 0.1) is 5.82 Å². The van der Waals surface area contributed by atoms with Gasteiger partial charge < -0.3 is 9.30 Å². The number of carbonyl (C=O) groups excluding carboxylic acids is 2. The molecular formula is C14H15FN2O3S2. The van der Waals surface area contributed by atoms with Gasteiger partial charge in [-0.05, 0) is 18.2 Å². The fourth-order valence-corrected chi connectivity index (χ4v) is 3.32. The van der Waals surface area contributed by atoms with Gasteiger partial charge in [0.25, 0.3) is 5.91 Å². The summed E-state index contributed by atoms with van der Waals surface area (Å²) in [5, 5.41) is -0.130. The summed E-state index contributed by atoms with van der Waals surface area (Å²) in [6.45, 7) is 2.36. The number of halogens is 1. The van der Waals surface area contributed by atoms with E-state index in [0.29, 0.717) is 22.7 Å². The molecule has 0 bridgehead atoms. The second-order valence-corrected chi connectivity index (χ2v) is 6.59. The minimum Gasteiger partial charge on any atom is -0.383 e. The van der Waals surface area contributed by atoms with Crippen LogP contribution in [0.15, 0.2) is 23.2 Å². The van der Waals surface area contributed by atoms with E-state index < -0.39 is 5.91 Å². The first-order chi connectivity index (χ1) is 10.5. The molecule has 1 heterocycles. The van der Waals surface area contributed by atoms with Gasteiger partial charge in [-0.2, -0.15) is 4.99 Å². The normalized spacial score (nSPS) is 12.0. The fraction of sp³-hybridized carbons (Fsp3) is 0.357. The zero-order valence-electron chi connectivity index (χ0n) is 12.2. The van der Waals surface area contributed by atoms with Gasteiger partial charge in [0, 0.05) is 20.6 Å². The van der Waals surface area contributed by atoms with E-state index >= 15 is 0 Å². The quantitative estimate of drug-likeness (QED) is 0.836. The first-order valence-electron chi connectivity index (χ1n) is 6.50. The molecule has 0 aliphatic heterocycles. The smallest absolute Gasteiger partial charge is 0.258 e. The van der Waals surface area contributed by atoms with Crippen molar-refractivity contribution in [3.63, 3.8) is 0 Å². The van der Waals surface area contributed by atoms with Crippen LogP contribution in [-0.4, -0.2) is 35.1 Å². The first kappa shape index (κ1) is 16.9. The summed E-state index contributed by atoms with van der Waals surface area (Å²) in [6.07, 6.45) is 0. The Morgan fingerprint density at radius 3 is 2.91 bits per heavy atom. The SMILES string of the molecule is COCCn1c(=NC(=O)CSC(C)=O)sc2cc(F)ccc21. The standard InChI is InChI=1S/C14H15FN2O3S2/c1-9(18)21-8-13(19)16-14-17(5-6-20-2)11-4-3-10(15)7-12(11)22-14/h3-4,7H,5-6,8H2,1-2H3. The summed E-state index contributed by atoms with van der Waals surface area (Å²) in [5.74, 6) is -0.724. The predicted octanol–water partition coefficient (Wildman–Crippen LogP) is 2.20. The third-order valence-electron chi connectivity index (χ3n) is 2.78. The van der Waals surface area contributed by atoms with Crippen LogP contribution >= 0.6 is 23.1 Å². The van der Waals surface area contributed by atoms with Crippen LogP contribution in [0.3, 0.4) is 0 Å². The number of carbonyl (C=O) groups is 2. The molecule has 1 aromatic heterocycles. The lowest BCUT2D eigenvalue weighted by atomic mass is 10.3. The van der Waals surface area contributed by atoms with Crippen molar-refractivity contribution in [2.45, 2.75) is 13.5 Å². The van der Waals surface area contributed by atoms with E-state index in [1.54, 1.807) is 13.2 Å². The maximum absolute atomic E-state index is 13.3. The molecule has 22 heavy (non-hydrogen) atoms. The Labute approximate surface area is 134 Å². The van der Waals surface area contributed by atoms with Gasteiger partial charge in [-0.15, -0.1) is 0 Å². The Hall–Kier alpha value is -1.51. The van der Waals surface area contributed by atoms with E-state index in [2.05, 4.69) is 4.99 Å². The van der Waals surface area contributed by atoms with Crippen LogP contribution < -0.4 is 4.80 Å². The largest absolute Gasteiger partial charge is 0.383 e. The van der Waals surface area contributed by atoms with E-state index in [4.69, 9.17) is 4.74 Å². The van der Waals surface area contributed by atoms with Gasteiger partial charge >= 0.3 is 0 Å². The number of aromatic nitrogens is 1. The number of hydrogen-bond acceptors (Lipinski definition) is 5. The molecule has 0 N–H and O–H groups in total. The third-order valence-corrected chi connectivity index (χ3v) is 4.62. The van der Waals surface area contributed by atoms with Gasteiger partial charge in [0.05, 0.1) is 22.6 Å². The second kappa shape index (κ2) is 7.66. The molecule has 0 radical (unpaired) electrons. The maximum Gasteiger partial charge on any atom is 0.258 e. The van der Waals surface area contributed by atoms with Gasteiger partial charge in [-0.1, -0.05) is 23.1 Å². The number of hydrogen-bond donors (Lipinski definition) is 0. The number of amides is 1. The van der Waals surface area contributed by atoms with Crippen molar-refractivity contribution >= 4 is 44.3 Å². The maximum atomic E-state index is 13.3. The number of fused-ring (bicyclic) bond motifs is 1. The number of methoxy groups -OCH3 is 1. The molecule has 5 nitrogen and oxygen atoms in total. The Morgan fingerprint density at radius 2 is 2.23 bits per heavy atom. The summed E-state index contributed by atoms with van der Waals surface area (Å²) >= 11 is 2.16. The zero-order valence-corrected chi connectivity index (χ0v) is 13.8. The lowest BCUT2D eigenvalue weighted by Crippen LogP contribution is -2.19. The highest BCUT2D eigenvalue weighted by Crippen LogP contribution is 2.18. The van der Waals surface area contributed by atoms with Crippen LogP contribution in [0.2, 0.25) is 0 Å². The van der Waals surface area contributed by atoms with Crippen molar-refractivity contribution in [2.24, 2.45) is 4.99 Å². The number of rotatable bonds is 5. The highest BCUT2D eigenvalue weighted by atomic mass is 32.2. The number of thioether (sulfide) groups is 1. The number of benzene rings is 1. The summed E-state index contributed by atoms with van der Waals surface area (Å²) < 4.78 is 20.9. The number of nitrogens with zero attached hydrogens (tertiary/aromatic N) is 2. The van der Waals surface area contributed by atoms with E-state index in [-0.39, 0.29) is 16.7 Å². The van der Waals surface area contributed by atoms with E-state index in [1.165, 1.54) is 30.4 Å². The van der Waals surface area contributed by atoms with Crippen LogP contribution in [0.25, 0.3) is 10.2 Å². The van der Waals surface area contributed by atoms with Crippen molar-refractivity contribution in [1.82, 2.24) is 4.57 Å². The van der Waals surface area contributed by atoms with E-state index in [0.717, 1.165) is 17.3 Å². The predicted molar refractivity (Wildman–Crippen MR) is 85.4 cm³/mol. The molecule has 0 fully saturated rings. The average molecular weight is 342 g/mol. The van der Waals surface area contributed by atoms with Crippen molar-refractivity contribution in [2.75, 3.05) is 19.5 Å². The Kier molecular flexibility index (Phi) is 5.87. The number of ether oxygens (including phenoxy) is 1. The zero-order chi connectivity index (χ0) is 16.1. The lowest BCUT2D eigenvalue weighted by Gasteiger charge is -2.03. The van der Waals surface area contributed by atoms with Gasteiger partial charge in [0.15, 0.2) is 9.92 Å². The monoisotopic (exact) mass is 342 g/mol. The molecule has 0 saturated heterocycles. The van der Waals surface area contributed by atoms with Crippen molar-refractivity contribution in [3.8, 4) is 0 Å². The molecule has 1 amide bonds. The van der Waals surface area contributed by atoms with Crippen molar-refractivity contribution < 1.29 is 18.7 Å². The molecule has 8 heteroatoms. The molecule has 0 aliphatic carbocycles. The molecule has 0 unspecified atom stereocenters. The lowest BCUT2D eigenvalue weighted by molar-refractivity contribution is -0.116. The van der Waals surface area contributed by atoms with Crippen LogP contribution in [0.4, 0.5) is 4.39 Å². The van der Waals surface area contributed by atoms with Gasteiger partial charge in [0.1, 0.15) is 5.82 Å².